The highest BCUT2D eigenvalue weighted by Crippen LogP contribution is 2.18. The molecule has 0 fully saturated rings. The predicted octanol–water partition coefficient (Wildman–Crippen LogP) is 3.02. The number of alkyl halides is 1. The smallest absolute Gasteiger partial charge is 0.119 e. The fourth-order valence-electron chi connectivity index (χ4n) is 2.13. The summed E-state index contributed by atoms with van der Waals surface area (Å²) in [5, 5.41) is 18.1. The van der Waals surface area contributed by atoms with Gasteiger partial charge in [-0.05, 0) is 41.8 Å². The van der Waals surface area contributed by atoms with E-state index in [-0.39, 0.29) is 19.1 Å². The van der Waals surface area contributed by atoms with Crippen molar-refractivity contribution in [2.24, 2.45) is 0 Å². The van der Waals surface area contributed by atoms with Gasteiger partial charge in [-0.3, -0.25) is 0 Å². The van der Waals surface area contributed by atoms with Gasteiger partial charge in [-0.2, -0.15) is 0 Å². The minimum absolute atomic E-state index is 0.141. The Kier molecular flexibility index (Phi) is 7.89. The van der Waals surface area contributed by atoms with E-state index in [1.807, 2.05) is 48.5 Å². The third kappa shape index (κ3) is 6.40. The molecule has 1 unspecified atom stereocenters. The summed E-state index contributed by atoms with van der Waals surface area (Å²) in [6, 6.07) is 15.8. The van der Waals surface area contributed by atoms with Gasteiger partial charge < -0.3 is 19.7 Å². The maximum absolute atomic E-state index is 9.38. The Balaban J connectivity index is 1.84. The van der Waals surface area contributed by atoms with E-state index >= 15 is 0 Å². The second kappa shape index (κ2) is 10.2. The summed E-state index contributed by atoms with van der Waals surface area (Å²) in [6.07, 6.45) is 0.809. The third-order valence-corrected chi connectivity index (χ3v) is 3.80. The zero-order valence-electron chi connectivity index (χ0n) is 13.5. The van der Waals surface area contributed by atoms with Crippen LogP contribution in [0.3, 0.4) is 0 Å². The second-order valence-electron chi connectivity index (χ2n) is 5.51. The minimum atomic E-state index is -0.649. The van der Waals surface area contributed by atoms with Gasteiger partial charge in [0.25, 0.3) is 0 Å². The quantitative estimate of drug-likeness (QED) is 0.511. The molecule has 0 saturated carbocycles. The lowest BCUT2D eigenvalue weighted by Crippen LogP contribution is -2.18. The van der Waals surface area contributed by atoms with Gasteiger partial charge >= 0.3 is 0 Å². The van der Waals surface area contributed by atoms with Gasteiger partial charge in [-0.25, -0.2) is 0 Å². The van der Waals surface area contributed by atoms with Crippen molar-refractivity contribution in [1.82, 2.24) is 0 Å². The van der Waals surface area contributed by atoms with Crippen molar-refractivity contribution in [1.29, 1.82) is 0 Å². The lowest BCUT2D eigenvalue weighted by molar-refractivity contribution is 0.125. The summed E-state index contributed by atoms with van der Waals surface area (Å²) < 4.78 is 11.0. The normalized spacial score (nSPS) is 12.0. The first kappa shape index (κ1) is 18.6. The van der Waals surface area contributed by atoms with Gasteiger partial charge in [0.05, 0.1) is 12.5 Å². The molecule has 0 amide bonds. The topological polar surface area (TPSA) is 58.9 Å². The van der Waals surface area contributed by atoms with Gasteiger partial charge in [-0.15, -0.1) is 11.6 Å². The number of aliphatic hydroxyl groups is 2. The first-order valence-electron chi connectivity index (χ1n) is 7.99. The van der Waals surface area contributed by atoms with Crippen molar-refractivity contribution in [3.8, 4) is 11.5 Å². The largest absolute Gasteiger partial charge is 0.494 e. The van der Waals surface area contributed by atoms with Crippen molar-refractivity contribution in [2.75, 3.05) is 25.7 Å². The maximum atomic E-state index is 9.38. The number of benzene rings is 2. The molecule has 2 aromatic carbocycles. The Bertz CT molecular complexity index is 583. The number of rotatable bonds is 10. The van der Waals surface area contributed by atoms with E-state index in [1.165, 1.54) is 11.1 Å². The van der Waals surface area contributed by atoms with E-state index in [4.69, 9.17) is 26.2 Å². The molecule has 2 aromatic rings. The van der Waals surface area contributed by atoms with E-state index in [9.17, 15) is 5.11 Å². The molecule has 0 aromatic heterocycles. The van der Waals surface area contributed by atoms with Crippen LogP contribution in [0.15, 0.2) is 48.5 Å². The van der Waals surface area contributed by atoms with E-state index in [0.717, 1.165) is 17.9 Å². The van der Waals surface area contributed by atoms with Crippen LogP contribution in [-0.4, -0.2) is 42.0 Å². The fourth-order valence-corrected chi connectivity index (χ4v) is 2.22. The highest BCUT2D eigenvalue weighted by Gasteiger charge is 2.03. The molecule has 4 nitrogen and oxygen atoms in total. The molecule has 0 bridgehead atoms. The molecule has 130 valence electrons. The molecule has 2 rings (SSSR count). The molecule has 0 aliphatic rings. The molecule has 1 atom stereocenters. The van der Waals surface area contributed by atoms with Gasteiger partial charge in [-0.1, -0.05) is 24.3 Å². The summed E-state index contributed by atoms with van der Waals surface area (Å²) in [4.78, 5) is 0. The Labute approximate surface area is 147 Å². The summed E-state index contributed by atoms with van der Waals surface area (Å²) in [5.41, 5.74) is 2.37. The van der Waals surface area contributed by atoms with Crippen LogP contribution in [0, 0.1) is 0 Å². The maximum Gasteiger partial charge on any atom is 0.119 e. The molecule has 0 saturated heterocycles. The van der Waals surface area contributed by atoms with Crippen LogP contribution in [-0.2, 0) is 6.42 Å². The Hall–Kier alpha value is -1.75. The second-order valence-corrected chi connectivity index (χ2v) is 5.82. The zero-order valence-corrected chi connectivity index (χ0v) is 14.3. The van der Waals surface area contributed by atoms with Crippen LogP contribution in [0.25, 0.3) is 0 Å². The lowest BCUT2D eigenvalue weighted by Gasteiger charge is -2.10. The van der Waals surface area contributed by atoms with E-state index < -0.39 is 6.10 Å². The van der Waals surface area contributed by atoms with Gasteiger partial charge in [0.2, 0.25) is 0 Å². The Morgan fingerprint density at radius 3 is 1.92 bits per heavy atom. The third-order valence-electron chi connectivity index (χ3n) is 3.45. The summed E-state index contributed by atoms with van der Waals surface area (Å²) >= 11 is 5.53. The molecule has 2 N–H and O–H groups in total. The average Bonchev–Trinajstić information content (AvgIpc) is 2.62. The SMILES string of the molecule is OCCCOc1ccc(Cc2ccc(OCC(O)CCl)cc2)cc1. The van der Waals surface area contributed by atoms with Crippen LogP contribution in [0.4, 0.5) is 0 Å². The lowest BCUT2D eigenvalue weighted by atomic mass is 10.0. The number of ether oxygens (including phenoxy) is 2. The van der Waals surface area contributed by atoms with Crippen LogP contribution in [0.5, 0.6) is 11.5 Å². The number of halogens is 1. The molecule has 0 heterocycles. The van der Waals surface area contributed by atoms with Gasteiger partial charge in [0.15, 0.2) is 0 Å². The van der Waals surface area contributed by atoms with Crippen molar-refractivity contribution in [3.63, 3.8) is 0 Å². The number of hydrogen-bond donors (Lipinski definition) is 2. The van der Waals surface area contributed by atoms with E-state index in [2.05, 4.69) is 0 Å². The molecule has 24 heavy (non-hydrogen) atoms. The van der Waals surface area contributed by atoms with Crippen LogP contribution in [0.2, 0.25) is 0 Å². The summed E-state index contributed by atoms with van der Waals surface area (Å²) in [6.45, 7) is 0.860. The van der Waals surface area contributed by atoms with E-state index in [1.54, 1.807) is 0 Å². The molecular formula is C19H23ClO4. The first-order chi connectivity index (χ1) is 11.7. The summed E-state index contributed by atoms with van der Waals surface area (Å²) in [5.74, 6) is 1.70. The number of hydrogen-bond acceptors (Lipinski definition) is 4. The Morgan fingerprint density at radius 1 is 0.875 bits per heavy atom. The van der Waals surface area contributed by atoms with Crippen LogP contribution < -0.4 is 9.47 Å². The molecule has 0 radical (unpaired) electrons. The minimum Gasteiger partial charge on any atom is -0.494 e. The average molecular weight is 351 g/mol. The molecule has 5 heteroatoms. The van der Waals surface area contributed by atoms with Crippen LogP contribution >= 0.6 is 11.6 Å². The number of aliphatic hydroxyl groups excluding tert-OH is 2. The monoisotopic (exact) mass is 350 g/mol. The Morgan fingerprint density at radius 2 is 1.42 bits per heavy atom. The molecule has 0 aliphatic heterocycles. The van der Waals surface area contributed by atoms with Crippen LogP contribution in [0.1, 0.15) is 17.5 Å². The first-order valence-corrected chi connectivity index (χ1v) is 8.53. The standard InChI is InChI=1S/C19H23ClO4/c20-13-17(22)14-24-19-8-4-16(5-9-19)12-15-2-6-18(7-3-15)23-11-1-10-21/h2-9,17,21-22H,1,10-14H2. The van der Waals surface area contributed by atoms with Crippen molar-refractivity contribution in [2.45, 2.75) is 18.9 Å². The van der Waals surface area contributed by atoms with Crippen molar-refractivity contribution >= 4 is 11.6 Å². The van der Waals surface area contributed by atoms with Crippen molar-refractivity contribution < 1.29 is 19.7 Å². The highest BCUT2D eigenvalue weighted by molar-refractivity contribution is 6.18. The predicted molar refractivity (Wildman–Crippen MR) is 95.1 cm³/mol. The highest BCUT2D eigenvalue weighted by atomic mass is 35.5. The van der Waals surface area contributed by atoms with Gasteiger partial charge in [0, 0.05) is 13.0 Å². The molecular weight excluding hydrogens is 328 g/mol. The molecule has 0 spiro atoms. The summed E-state index contributed by atoms with van der Waals surface area (Å²) in [7, 11) is 0. The molecule has 0 aliphatic carbocycles. The fraction of sp³-hybridized carbons (Fsp3) is 0.368. The van der Waals surface area contributed by atoms with E-state index in [0.29, 0.717) is 13.0 Å². The van der Waals surface area contributed by atoms with Crippen molar-refractivity contribution in [3.05, 3.63) is 59.7 Å². The zero-order chi connectivity index (χ0) is 17.2. The van der Waals surface area contributed by atoms with Gasteiger partial charge in [0.1, 0.15) is 24.2 Å².